The van der Waals surface area contributed by atoms with Crippen molar-refractivity contribution in [2.24, 2.45) is 0 Å². The molecular weight excluding hydrogens is 316 g/mol. The van der Waals surface area contributed by atoms with Crippen molar-refractivity contribution >= 4 is 22.2 Å². The van der Waals surface area contributed by atoms with Crippen LogP contribution in [0.1, 0.15) is 41.3 Å². The number of rotatable bonds is 4. The Morgan fingerprint density at radius 2 is 1.90 bits per heavy atom. The molecule has 104 valence electrons. The summed E-state index contributed by atoms with van der Waals surface area (Å²) >= 11 is 3.42. The maximum Gasteiger partial charge on any atom is 0.150 e. The standard InChI is InChI=1S/C17H17BrO2/c1-11(2)15-6-5-14(8-12(15)3)20-17-7-4-13(10-19)9-16(17)18/h4-11H,1-3H3. The molecule has 0 aliphatic rings. The minimum absolute atomic E-state index is 0.502. The zero-order valence-corrected chi connectivity index (χ0v) is 13.4. The third-order valence-corrected chi connectivity index (χ3v) is 3.80. The van der Waals surface area contributed by atoms with Gasteiger partial charge in [-0.15, -0.1) is 0 Å². The fourth-order valence-corrected chi connectivity index (χ4v) is 2.64. The first-order valence-corrected chi connectivity index (χ1v) is 7.33. The smallest absolute Gasteiger partial charge is 0.150 e. The highest BCUT2D eigenvalue weighted by molar-refractivity contribution is 9.10. The van der Waals surface area contributed by atoms with Crippen molar-refractivity contribution in [2.75, 3.05) is 0 Å². The van der Waals surface area contributed by atoms with Crippen molar-refractivity contribution in [2.45, 2.75) is 26.7 Å². The molecule has 0 aliphatic heterocycles. The summed E-state index contributed by atoms with van der Waals surface area (Å²) in [6, 6.07) is 11.4. The van der Waals surface area contributed by atoms with E-state index in [1.165, 1.54) is 11.1 Å². The van der Waals surface area contributed by atoms with E-state index in [-0.39, 0.29) is 0 Å². The zero-order chi connectivity index (χ0) is 14.7. The Hall–Kier alpha value is -1.61. The molecule has 0 N–H and O–H groups in total. The molecule has 0 spiro atoms. The van der Waals surface area contributed by atoms with Crippen LogP contribution >= 0.6 is 15.9 Å². The van der Waals surface area contributed by atoms with Gasteiger partial charge >= 0.3 is 0 Å². The molecule has 0 aromatic heterocycles. The van der Waals surface area contributed by atoms with Crippen molar-refractivity contribution < 1.29 is 9.53 Å². The number of benzene rings is 2. The molecule has 2 rings (SSSR count). The van der Waals surface area contributed by atoms with E-state index in [4.69, 9.17) is 4.74 Å². The quantitative estimate of drug-likeness (QED) is 0.692. The SMILES string of the molecule is Cc1cc(Oc2ccc(C=O)cc2Br)ccc1C(C)C. The van der Waals surface area contributed by atoms with Crippen LogP contribution in [0.4, 0.5) is 0 Å². The van der Waals surface area contributed by atoms with Gasteiger partial charge < -0.3 is 4.74 Å². The second-order valence-electron chi connectivity index (χ2n) is 5.08. The Bertz CT molecular complexity index is 633. The van der Waals surface area contributed by atoms with Crippen LogP contribution in [-0.4, -0.2) is 6.29 Å². The minimum atomic E-state index is 0.502. The van der Waals surface area contributed by atoms with Gasteiger partial charge in [-0.05, 0) is 70.2 Å². The first kappa shape index (κ1) is 14.8. The number of aldehydes is 1. The second kappa shape index (κ2) is 6.23. The van der Waals surface area contributed by atoms with E-state index < -0.39 is 0 Å². The van der Waals surface area contributed by atoms with Crippen LogP contribution in [0, 0.1) is 6.92 Å². The van der Waals surface area contributed by atoms with Crippen molar-refractivity contribution in [3.05, 3.63) is 57.6 Å². The number of ether oxygens (including phenoxy) is 1. The highest BCUT2D eigenvalue weighted by Gasteiger charge is 2.07. The van der Waals surface area contributed by atoms with Crippen molar-refractivity contribution in [3.8, 4) is 11.5 Å². The Morgan fingerprint density at radius 3 is 2.45 bits per heavy atom. The first-order valence-electron chi connectivity index (χ1n) is 6.54. The van der Waals surface area contributed by atoms with Crippen molar-refractivity contribution in [3.63, 3.8) is 0 Å². The summed E-state index contributed by atoms with van der Waals surface area (Å²) in [6.07, 6.45) is 0.816. The maximum atomic E-state index is 10.7. The van der Waals surface area contributed by atoms with E-state index in [0.29, 0.717) is 17.2 Å². The highest BCUT2D eigenvalue weighted by Crippen LogP contribution is 2.32. The van der Waals surface area contributed by atoms with E-state index in [0.717, 1.165) is 16.5 Å². The van der Waals surface area contributed by atoms with E-state index in [1.807, 2.05) is 12.1 Å². The van der Waals surface area contributed by atoms with Gasteiger partial charge in [-0.2, -0.15) is 0 Å². The number of hydrogen-bond donors (Lipinski definition) is 0. The molecule has 0 saturated heterocycles. The molecule has 0 heterocycles. The fourth-order valence-electron chi connectivity index (χ4n) is 2.16. The van der Waals surface area contributed by atoms with Crippen LogP contribution < -0.4 is 4.74 Å². The molecule has 0 aliphatic carbocycles. The normalized spacial score (nSPS) is 10.7. The summed E-state index contributed by atoms with van der Waals surface area (Å²) in [6.45, 7) is 6.45. The minimum Gasteiger partial charge on any atom is -0.456 e. The van der Waals surface area contributed by atoms with Gasteiger partial charge in [0.1, 0.15) is 17.8 Å². The second-order valence-corrected chi connectivity index (χ2v) is 5.94. The molecule has 0 unspecified atom stereocenters. The summed E-state index contributed by atoms with van der Waals surface area (Å²) in [7, 11) is 0. The Labute approximate surface area is 127 Å². The number of carbonyl (C=O) groups excluding carboxylic acids is 1. The Kier molecular flexibility index (Phi) is 4.61. The maximum absolute atomic E-state index is 10.7. The van der Waals surface area contributed by atoms with Gasteiger partial charge in [-0.25, -0.2) is 0 Å². The van der Waals surface area contributed by atoms with Gasteiger partial charge in [0.25, 0.3) is 0 Å². The molecular formula is C17H17BrO2. The predicted octanol–water partition coefficient (Wildman–Crippen LogP) is 5.49. The molecule has 3 heteroatoms. The van der Waals surface area contributed by atoms with Gasteiger partial charge in [-0.3, -0.25) is 4.79 Å². The molecule has 2 aromatic rings. The summed E-state index contributed by atoms with van der Waals surface area (Å²) < 4.78 is 6.63. The topological polar surface area (TPSA) is 26.3 Å². The summed E-state index contributed by atoms with van der Waals surface area (Å²) in [5.74, 6) is 2.00. The fraction of sp³-hybridized carbons (Fsp3) is 0.235. The van der Waals surface area contributed by atoms with Gasteiger partial charge in [0, 0.05) is 5.56 Å². The molecule has 0 saturated carbocycles. The molecule has 0 amide bonds. The summed E-state index contributed by atoms with van der Waals surface area (Å²) in [4.78, 5) is 10.7. The van der Waals surface area contributed by atoms with Crippen LogP contribution in [-0.2, 0) is 0 Å². The van der Waals surface area contributed by atoms with Gasteiger partial charge in [0.05, 0.1) is 4.47 Å². The molecule has 2 nitrogen and oxygen atoms in total. The first-order chi connectivity index (χ1) is 9.51. The number of halogens is 1. The van der Waals surface area contributed by atoms with Crippen LogP contribution in [0.25, 0.3) is 0 Å². The Balaban J connectivity index is 2.26. The molecule has 0 atom stereocenters. The molecule has 0 bridgehead atoms. The predicted molar refractivity (Wildman–Crippen MR) is 84.9 cm³/mol. The van der Waals surface area contributed by atoms with Crippen molar-refractivity contribution in [1.29, 1.82) is 0 Å². The third-order valence-electron chi connectivity index (χ3n) is 3.18. The number of hydrogen-bond acceptors (Lipinski definition) is 2. The number of carbonyl (C=O) groups is 1. The highest BCUT2D eigenvalue weighted by atomic mass is 79.9. The zero-order valence-electron chi connectivity index (χ0n) is 11.8. The van der Waals surface area contributed by atoms with E-state index in [1.54, 1.807) is 18.2 Å². The Morgan fingerprint density at radius 1 is 1.15 bits per heavy atom. The lowest BCUT2D eigenvalue weighted by Crippen LogP contribution is -1.93. The average molecular weight is 333 g/mol. The summed E-state index contributed by atoms with van der Waals surface area (Å²) in [5.41, 5.74) is 3.17. The lowest BCUT2D eigenvalue weighted by Gasteiger charge is -2.13. The van der Waals surface area contributed by atoms with Crippen LogP contribution in [0.15, 0.2) is 40.9 Å². The molecule has 0 radical (unpaired) electrons. The van der Waals surface area contributed by atoms with Gasteiger partial charge in [0.2, 0.25) is 0 Å². The van der Waals surface area contributed by atoms with Crippen LogP contribution in [0.5, 0.6) is 11.5 Å². The van der Waals surface area contributed by atoms with Crippen LogP contribution in [0.2, 0.25) is 0 Å². The monoisotopic (exact) mass is 332 g/mol. The van der Waals surface area contributed by atoms with Crippen LogP contribution in [0.3, 0.4) is 0 Å². The largest absolute Gasteiger partial charge is 0.456 e. The lowest BCUT2D eigenvalue weighted by atomic mass is 9.98. The molecule has 20 heavy (non-hydrogen) atoms. The van der Waals surface area contributed by atoms with Crippen molar-refractivity contribution in [1.82, 2.24) is 0 Å². The van der Waals surface area contributed by atoms with E-state index in [2.05, 4.69) is 42.8 Å². The number of aryl methyl sites for hydroxylation is 1. The van der Waals surface area contributed by atoms with Gasteiger partial charge in [0.15, 0.2) is 0 Å². The lowest BCUT2D eigenvalue weighted by molar-refractivity contribution is 0.112. The summed E-state index contributed by atoms with van der Waals surface area (Å²) in [5, 5.41) is 0. The molecule has 2 aromatic carbocycles. The third kappa shape index (κ3) is 3.28. The molecule has 0 fully saturated rings. The average Bonchev–Trinajstić information content (AvgIpc) is 2.40. The van der Waals surface area contributed by atoms with E-state index in [9.17, 15) is 4.79 Å². The van der Waals surface area contributed by atoms with E-state index >= 15 is 0 Å². The van der Waals surface area contributed by atoms with Gasteiger partial charge in [-0.1, -0.05) is 19.9 Å².